The molecule has 0 aliphatic carbocycles. The van der Waals surface area contributed by atoms with E-state index < -0.39 is 0 Å². The number of rotatable bonds is 7. The van der Waals surface area contributed by atoms with Crippen LogP contribution in [-0.2, 0) is 0 Å². The summed E-state index contributed by atoms with van der Waals surface area (Å²) in [6.45, 7) is 5.27. The first-order chi connectivity index (χ1) is 8.72. The first kappa shape index (κ1) is 15.0. The molecule has 1 rings (SSSR count). The number of hydrogen-bond donors (Lipinski definition) is 2. The predicted molar refractivity (Wildman–Crippen MR) is 84.2 cm³/mol. The van der Waals surface area contributed by atoms with Gasteiger partial charge in [-0.15, -0.1) is 0 Å². The first-order valence-electron chi connectivity index (χ1n) is 6.84. The Morgan fingerprint density at radius 1 is 1.06 bits per heavy atom. The third kappa shape index (κ3) is 6.60. The predicted octanol–water partition coefficient (Wildman–Crippen LogP) is 4.25. The minimum atomic E-state index is 0.717. The van der Waals surface area contributed by atoms with E-state index in [-0.39, 0.29) is 0 Å². The van der Waals surface area contributed by atoms with Crippen molar-refractivity contribution in [3.05, 3.63) is 29.8 Å². The van der Waals surface area contributed by atoms with Crippen LogP contribution < -0.4 is 10.6 Å². The van der Waals surface area contributed by atoms with Gasteiger partial charge in [0.1, 0.15) is 0 Å². The van der Waals surface area contributed by atoms with Crippen LogP contribution in [0.5, 0.6) is 0 Å². The lowest BCUT2D eigenvalue weighted by molar-refractivity contribution is 0.625. The maximum absolute atomic E-state index is 5.25. The van der Waals surface area contributed by atoms with E-state index in [1.54, 1.807) is 0 Å². The molecule has 0 amide bonds. The van der Waals surface area contributed by atoms with Crippen LogP contribution in [0.2, 0.25) is 0 Å². The molecule has 1 aromatic carbocycles. The Morgan fingerprint density at radius 3 is 2.39 bits per heavy atom. The van der Waals surface area contributed by atoms with E-state index in [1.807, 2.05) is 12.1 Å². The van der Waals surface area contributed by atoms with Crippen LogP contribution in [0.1, 0.15) is 44.6 Å². The first-order valence-corrected chi connectivity index (χ1v) is 7.24. The number of thiocarbonyl (C=S) groups is 1. The van der Waals surface area contributed by atoms with Crippen LogP contribution in [0.3, 0.4) is 0 Å². The van der Waals surface area contributed by atoms with Crippen LogP contribution in [0.15, 0.2) is 24.3 Å². The second-order valence-electron chi connectivity index (χ2n) is 4.66. The Labute approximate surface area is 116 Å². The molecule has 2 nitrogen and oxygen atoms in total. The van der Waals surface area contributed by atoms with Gasteiger partial charge in [0.25, 0.3) is 0 Å². The van der Waals surface area contributed by atoms with Gasteiger partial charge in [-0.2, -0.15) is 0 Å². The minimum absolute atomic E-state index is 0.717. The largest absolute Gasteiger partial charge is 0.362 e. The van der Waals surface area contributed by atoms with Gasteiger partial charge in [0, 0.05) is 12.2 Å². The summed E-state index contributed by atoms with van der Waals surface area (Å²) in [5.41, 5.74) is 2.31. The molecule has 0 aliphatic rings. The second-order valence-corrected chi connectivity index (χ2v) is 5.07. The maximum atomic E-state index is 5.25. The number of benzene rings is 1. The summed E-state index contributed by atoms with van der Waals surface area (Å²) in [6.07, 6.45) is 6.44. The van der Waals surface area contributed by atoms with E-state index in [0.717, 1.165) is 12.2 Å². The monoisotopic (exact) mass is 264 g/mol. The molecule has 0 heterocycles. The standard InChI is InChI=1S/C15H24N2S/c1-3-4-5-6-7-12-16-15(18)17-14-10-8-13(2)9-11-14/h8-11H,3-7,12H2,1-2H3,(H2,16,17,18). The van der Waals surface area contributed by atoms with Crippen molar-refractivity contribution in [1.82, 2.24) is 5.32 Å². The number of unbranched alkanes of at least 4 members (excludes halogenated alkanes) is 4. The zero-order valence-electron chi connectivity index (χ0n) is 11.5. The van der Waals surface area contributed by atoms with Gasteiger partial charge in [0.05, 0.1) is 0 Å². The van der Waals surface area contributed by atoms with Crippen molar-refractivity contribution in [1.29, 1.82) is 0 Å². The van der Waals surface area contributed by atoms with Crippen LogP contribution in [0, 0.1) is 6.92 Å². The zero-order chi connectivity index (χ0) is 13.2. The molecule has 0 fully saturated rings. The van der Waals surface area contributed by atoms with Crippen molar-refractivity contribution in [2.75, 3.05) is 11.9 Å². The summed E-state index contributed by atoms with van der Waals surface area (Å²) < 4.78 is 0. The van der Waals surface area contributed by atoms with Gasteiger partial charge in [-0.25, -0.2) is 0 Å². The molecule has 0 bridgehead atoms. The summed E-state index contributed by atoms with van der Waals surface area (Å²) in [7, 11) is 0. The van der Waals surface area contributed by atoms with E-state index >= 15 is 0 Å². The van der Waals surface area contributed by atoms with Crippen molar-refractivity contribution >= 4 is 23.0 Å². The Morgan fingerprint density at radius 2 is 1.72 bits per heavy atom. The normalized spacial score (nSPS) is 10.1. The van der Waals surface area contributed by atoms with Gasteiger partial charge in [0.15, 0.2) is 5.11 Å². The molecular weight excluding hydrogens is 240 g/mol. The lowest BCUT2D eigenvalue weighted by Gasteiger charge is -2.10. The average molecular weight is 264 g/mol. The zero-order valence-corrected chi connectivity index (χ0v) is 12.3. The molecule has 3 heteroatoms. The Hall–Kier alpha value is -1.09. The van der Waals surface area contributed by atoms with E-state index in [4.69, 9.17) is 12.2 Å². The van der Waals surface area contributed by atoms with E-state index in [2.05, 4.69) is 36.6 Å². The quantitative estimate of drug-likeness (QED) is 0.568. The van der Waals surface area contributed by atoms with Crippen molar-refractivity contribution in [2.24, 2.45) is 0 Å². The van der Waals surface area contributed by atoms with Gasteiger partial charge in [0.2, 0.25) is 0 Å². The fourth-order valence-electron chi connectivity index (χ4n) is 1.74. The summed E-state index contributed by atoms with van der Waals surface area (Å²) in [5.74, 6) is 0. The summed E-state index contributed by atoms with van der Waals surface area (Å²) >= 11 is 5.25. The van der Waals surface area contributed by atoms with E-state index in [1.165, 1.54) is 37.7 Å². The summed E-state index contributed by atoms with van der Waals surface area (Å²) in [4.78, 5) is 0. The SMILES string of the molecule is CCCCCCCNC(=S)Nc1ccc(C)cc1. The van der Waals surface area contributed by atoms with Gasteiger partial charge in [-0.3, -0.25) is 0 Å². The fourth-order valence-corrected chi connectivity index (χ4v) is 1.96. The van der Waals surface area contributed by atoms with Gasteiger partial charge >= 0.3 is 0 Å². The lowest BCUT2D eigenvalue weighted by atomic mass is 10.1. The highest BCUT2D eigenvalue weighted by Crippen LogP contribution is 2.08. The van der Waals surface area contributed by atoms with E-state index in [0.29, 0.717) is 5.11 Å². The highest BCUT2D eigenvalue weighted by molar-refractivity contribution is 7.80. The van der Waals surface area contributed by atoms with Crippen LogP contribution in [-0.4, -0.2) is 11.7 Å². The van der Waals surface area contributed by atoms with Crippen molar-refractivity contribution in [3.8, 4) is 0 Å². The molecule has 0 spiro atoms. The Bertz CT molecular complexity index is 346. The summed E-state index contributed by atoms with van der Waals surface area (Å²) in [5, 5.41) is 7.15. The van der Waals surface area contributed by atoms with Crippen LogP contribution >= 0.6 is 12.2 Å². The topological polar surface area (TPSA) is 24.1 Å². The molecule has 0 unspecified atom stereocenters. The molecule has 0 saturated carbocycles. The highest BCUT2D eigenvalue weighted by Gasteiger charge is 1.96. The molecule has 0 aromatic heterocycles. The molecule has 0 aliphatic heterocycles. The van der Waals surface area contributed by atoms with Crippen molar-refractivity contribution < 1.29 is 0 Å². The van der Waals surface area contributed by atoms with Gasteiger partial charge in [-0.1, -0.05) is 50.3 Å². The molecule has 0 radical (unpaired) electrons. The number of nitrogens with one attached hydrogen (secondary N) is 2. The second kappa shape index (κ2) is 8.92. The Kier molecular flexibility index (Phi) is 7.42. The highest BCUT2D eigenvalue weighted by atomic mass is 32.1. The van der Waals surface area contributed by atoms with Gasteiger partial charge in [-0.05, 0) is 37.7 Å². The average Bonchev–Trinajstić information content (AvgIpc) is 2.36. The molecule has 18 heavy (non-hydrogen) atoms. The molecule has 2 N–H and O–H groups in total. The van der Waals surface area contributed by atoms with Gasteiger partial charge < -0.3 is 10.6 Å². The van der Waals surface area contributed by atoms with Crippen molar-refractivity contribution in [2.45, 2.75) is 46.0 Å². The minimum Gasteiger partial charge on any atom is -0.362 e. The summed E-state index contributed by atoms with van der Waals surface area (Å²) in [6, 6.07) is 8.25. The molecule has 0 saturated heterocycles. The molecule has 0 atom stereocenters. The third-order valence-electron chi connectivity index (χ3n) is 2.88. The number of aryl methyl sites for hydroxylation is 1. The fraction of sp³-hybridized carbons (Fsp3) is 0.533. The van der Waals surface area contributed by atoms with E-state index in [9.17, 15) is 0 Å². The third-order valence-corrected chi connectivity index (χ3v) is 3.12. The molecule has 1 aromatic rings. The maximum Gasteiger partial charge on any atom is 0.170 e. The molecular formula is C15H24N2S. The number of anilines is 1. The number of hydrogen-bond acceptors (Lipinski definition) is 1. The van der Waals surface area contributed by atoms with Crippen LogP contribution in [0.25, 0.3) is 0 Å². The lowest BCUT2D eigenvalue weighted by Crippen LogP contribution is -2.29. The molecule has 100 valence electrons. The van der Waals surface area contributed by atoms with Crippen molar-refractivity contribution in [3.63, 3.8) is 0 Å². The van der Waals surface area contributed by atoms with Crippen LogP contribution in [0.4, 0.5) is 5.69 Å². The Balaban J connectivity index is 2.12. The smallest absolute Gasteiger partial charge is 0.170 e.